The lowest BCUT2D eigenvalue weighted by Crippen LogP contribution is -2.25. The fourth-order valence-corrected chi connectivity index (χ4v) is 1.77. The molecule has 1 atom stereocenters. The first-order valence-electron chi connectivity index (χ1n) is 6.15. The largest absolute Gasteiger partial charge is 0.497 e. The van der Waals surface area contributed by atoms with Crippen LogP contribution in [0.15, 0.2) is 29.8 Å². The third kappa shape index (κ3) is 4.32. The predicted molar refractivity (Wildman–Crippen MR) is 75.5 cm³/mol. The lowest BCUT2D eigenvalue weighted by atomic mass is 10.1. The van der Waals surface area contributed by atoms with Crippen molar-refractivity contribution in [1.82, 2.24) is 5.32 Å². The van der Waals surface area contributed by atoms with Gasteiger partial charge in [-0.05, 0) is 39.0 Å². The van der Waals surface area contributed by atoms with Gasteiger partial charge in [-0.25, -0.2) is 0 Å². The zero-order valence-corrected chi connectivity index (χ0v) is 12.1. The predicted octanol–water partition coefficient (Wildman–Crippen LogP) is 2.85. The molecular weight excluding hydrogens is 242 g/mol. The zero-order chi connectivity index (χ0) is 14.4. The van der Waals surface area contributed by atoms with Gasteiger partial charge in [0.25, 0.3) is 0 Å². The molecule has 1 aromatic rings. The van der Waals surface area contributed by atoms with E-state index in [0.29, 0.717) is 0 Å². The standard InChI is InChI=1S/C15H21NO3/c1-10(2)8-15(17)16-11(3)13-9-12(18-4)6-7-14(13)19-5/h6-9,11H,1-5H3,(H,16,17). The highest BCUT2D eigenvalue weighted by Gasteiger charge is 2.14. The Balaban J connectivity index is 2.94. The van der Waals surface area contributed by atoms with Crippen LogP contribution >= 0.6 is 0 Å². The van der Waals surface area contributed by atoms with E-state index in [1.807, 2.05) is 39.0 Å². The van der Waals surface area contributed by atoms with Crippen molar-refractivity contribution in [2.45, 2.75) is 26.8 Å². The minimum absolute atomic E-state index is 0.114. The number of hydrogen-bond donors (Lipinski definition) is 1. The highest BCUT2D eigenvalue weighted by Crippen LogP contribution is 2.29. The molecule has 1 amide bonds. The summed E-state index contributed by atoms with van der Waals surface area (Å²) in [4.78, 5) is 11.7. The summed E-state index contributed by atoms with van der Waals surface area (Å²) in [5.41, 5.74) is 1.85. The molecule has 19 heavy (non-hydrogen) atoms. The molecule has 4 nitrogen and oxygen atoms in total. The van der Waals surface area contributed by atoms with E-state index in [0.717, 1.165) is 22.6 Å². The van der Waals surface area contributed by atoms with Gasteiger partial charge in [0.15, 0.2) is 0 Å². The Kier molecular flexibility index (Phi) is 5.42. The monoisotopic (exact) mass is 263 g/mol. The average Bonchev–Trinajstić information content (AvgIpc) is 2.36. The van der Waals surface area contributed by atoms with Crippen LogP contribution < -0.4 is 14.8 Å². The summed E-state index contributed by atoms with van der Waals surface area (Å²) in [5, 5.41) is 2.90. The second kappa shape index (κ2) is 6.83. The number of carbonyl (C=O) groups excluding carboxylic acids is 1. The van der Waals surface area contributed by atoms with Gasteiger partial charge in [-0.2, -0.15) is 0 Å². The first kappa shape index (κ1) is 15.1. The molecule has 1 aromatic carbocycles. The topological polar surface area (TPSA) is 47.6 Å². The van der Waals surface area contributed by atoms with Gasteiger partial charge in [0.1, 0.15) is 11.5 Å². The van der Waals surface area contributed by atoms with Crippen LogP contribution in [0, 0.1) is 0 Å². The summed E-state index contributed by atoms with van der Waals surface area (Å²) in [7, 11) is 3.22. The van der Waals surface area contributed by atoms with Gasteiger partial charge >= 0.3 is 0 Å². The first-order chi connectivity index (χ1) is 8.97. The van der Waals surface area contributed by atoms with E-state index in [-0.39, 0.29) is 11.9 Å². The number of carbonyl (C=O) groups is 1. The highest BCUT2D eigenvalue weighted by molar-refractivity contribution is 5.88. The minimum atomic E-state index is -0.159. The third-order valence-electron chi connectivity index (χ3n) is 2.68. The van der Waals surface area contributed by atoms with Gasteiger partial charge in [0.05, 0.1) is 20.3 Å². The summed E-state index contributed by atoms with van der Waals surface area (Å²) in [6.07, 6.45) is 1.57. The van der Waals surface area contributed by atoms with Gasteiger partial charge in [0.2, 0.25) is 5.91 Å². The summed E-state index contributed by atoms with van der Waals surface area (Å²) in [6.45, 7) is 5.68. The zero-order valence-electron chi connectivity index (χ0n) is 12.1. The molecule has 0 bridgehead atoms. The van der Waals surface area contributed by atoms with Crippen molar-refractivity contribution in [1.29, 1.82) is 0 Å². The van der Waals surface area contributed by atoms with Crippen molar-refractivity contribution >= 4 is 5.91 Å². The molecule has 0 spiro atoms. The van der Waals surface area contributed by atoms with Crippen molar-refractivity contribution in [3.63, 3.8) is 0 Å². The highest BCUT2D eigenvalue weighted by atomic mass is 16.5. The van der Waals surface area contributed by atoms with Crippen molar-refractivity contribution in [2.24, 2.45) is 0 Å². The van der Waals surface area contributed by atoms with E-state index in [1.54, 1.807) is 20.3 Å². The molecule has 1 unspecified atom stereocenters. The summed E-state index contributed by atoms with van der Waals surface area (Å²) in [5.74, 6) is 1.35. The van der Waals surface area contributed by atoms with Gasteiger partial charge in [-0.3, -0.25) is 4.79 Å². The number of methoxy groups -OCH3 is 2. The van der Waals surface area contributed by atoms with E-state index in [1.165, 1.54) is 0 Å². The van der Waals surface area contributed by atoms with Crippen molar-refractivity contribution in [3.8, 4) is 11.5 Å². The van der Waals surface area contributed by atoms with E-state index in [4.69, 9.17) is 9.47 Å². The summed E-state index contributed by atoms with van der Waals surface area (Å²) >= 11 is 0. The Morgan fingerprint density at radius 1 is 1.26 bits per heavy atom. The summed E-state index contributed by atoms with van der Waals surface area (Å²) in [6, 6.07) is 5.37. The van der Waals surface area contributed by atoms with Crippen molar-refractivity contribution in [3.05, 3.63) is 35.4 Å². The molecule has 0 heterocycles. The average molecular weight is 263 g/mol. The second-order valence-electron chi connectivity index (χ2n) is 4.56. The Hall–Kier alpha value is -1.97. The van der Waals surface area contributed by atoms with Crippen LogP contribution in [0.1, 0.15) is 32.4 Å². The fraction of sp³-hybridized carbons (Fsp3) is 0.400. The quantitative estimate of drug-likeness (QED) is 0.831. The molecule has 1 N–H and O–H groups in total. The Labute approximate surface area is 114 Å². The number of nitrogens with one attached hydrogen (secondary N) is 1. The number of amides is 1. The fourth-order valence-electron chi connectivity index (χ4n) is 1.77. The first-order valence-corrected chi connectivity index (χ1v) is 6.15. The van der Waals surface area contributed by atoms with E-state index < -0.39 is 0 Å². The molecule has 4 heteroatoms. The Morgan fingerprint density at radius 2 is 1.95 bits per heavy atom. The lowest BCUT2D eigenvalue weighted by molar-refractivity contribution is -0.117. The van der Waals surface area contributed by atoms with Gasteiger partial charge in [0, 0.05) is 11.6 Å². The molecule has 0 radical (unpaired) electrons. The maximum Gasteiger partial charge on any atom is 0.244 e. The van der Waals surface area contributed by atoms with Gasteiger partial charge in [-0.1, -0.05) is 5.57 Å². The maximum atomic E-state index is 11.7. The van der Waals surface area contributed by atoms with E-state index >= 15 is 0 Å². The van der Waals surface area contributed by atoms with Gasteiger partial charge < -0.3 is 14.8 Å². The summed E-state index contributed by atoms with van der Waals surface area (Å²) < 4.78 is 10.5. The molecule has 0 saturated carbocycles. The number of hydrogen-bond acceptors (Lipinski definition) is 3. The Morgan fingerprint density at radius 3 is 2.47 bits per heavy atom. The van der Waals surface area contributed by atoms with Crippen molar-refractivity contribution in [2.75, 3.05) is 14.2 Å². The second-order valence-corrected chi connectivity index (χ2v) is 4.56. The third-order valence-corrected chi connectivity index (χ3v) is 2.68. The molecule has 0 fully saturated rings. The molecular formula is C15H21NO3. The van der Waals surface area contributed by atoms with Crippen LogP contribution in [0.4, 0.5) is 0 Å². The van der Waals surface area contributed by atoms with Crippen LogP contribution in [-0.2, 0) is 4.79 Å². The molecule has 0 aliphatic rings. The molecule has 104 valence electrons. The van der Waals surface area contributed by atoms with Crippen LogP contribution in [0.5, 0.6) is 11.5 Å². The van der Waals surface area contributed by atoms with E-state index in [9.17, 15) is 4.79 Å². The SMILES string of the molecule is COc1ccc(OC)c(C(C)NC(=O)C=C(C)C)c1. The molecule has 0 aliphatic carbocycles. The van der Waals surface area contributed by atoms with Crippen LogP contribution in [0.3, 0.4) is 0 Å². The molecule has 0 aromatic heterocycles. The maximum absolute atomic E-state index is 11.7. The van der Waals surface area contributed by atoms with Gasteiger partial charge in [-0.15, -0.1) is 0 Å². The molecule has 0 aliphatic heterocycles. The number of allylic oxidation sites excluding steroid dienone is 1. The molecule has 1 rings (SSSR count). The number of ether oxygens (including phenoxy) is 2. The number of benzene rings is 1. The number of rotatable bonds is 5. The molecule has 0 saturated heterocycles. The smallest absolute Gasteiger partial charge is 0.244 e. The normalized spacial score (nSPS) is 11.4. The van der Waals surface area contributed by atoms with Crippen LogP contribution in [0.25, 0.3) is 0 Å². The minimum Gasteiger partial charge on any atom is -0.497 e. The lowest BCUT2D eigenvalue weighted by Gasteiger charge is -2.17. The van der Waals surface area contributed by atoms with Crippen molar-refractivity contribution < 1.29 is 14.3 Å². The van der Waals surface area contributed by atoms with E-state index in [2.05, 4.69) is 5.32 Å². The van der Waals surface area contributed by atoms with Crippen LogP contribution in [0.2, 0.25) is 0 Å². The van der Waals surface area contributed by atoms with Crippen LogP contribution in [-0.4, -0.2) is 20.1 Å². The Bertz CT molecular complexity index is 476.